The van der Waals surface area contributed by atoms with E-state index in [0.717, 1.165) is 6.42 Å². The second-order valence-corrected chi connectivity index (χ2v) is 3.70. The van der Waals surface area contributed by atoms with Gasteiger partial charge in [-0.2, -0.15) is 0 Å². The third-order valence-electron chi connectivity index (χ3n) is 2.97. The molecule has 0 radical (unpaired) electrons. The van der Waals surface area contributed by atoms with Gasteiger partial charge in [0.2, 0.25) is 0 Å². The Labute approximate surface area is 80.4 Å². The van der Waals surface area contributed by atoms with Gasteiger partial charge in [0.15, 0.2) is 0 Å². The second-order valence-electron chi connectivity index (χ2n) is 3.70. The first-order valence-electron chi connectivity index (χ1n) is 4.75. The standard InChI is InChI=1S/C12H18O/c1-8-7-12(5-6-13)11(4)10(3)9(8)2/h7,13H,5-6H2,1-4H3. The number of hydrogen-bond donors (Lipinski definition) is 1. The Hall–Kier alpha value is -0.820. The number of aliphatic hydroxyl groups excluding tert-OH is 1. The van der Waals surface area contributed by atoms with E-state index in [1.807, 2.05) is 0 Å². The van der Waals surface area contributed by atoms with Crippen molar-refractivity contribution in [3.63, 3.8) is 0 Å². The highest BCUT2D eigenvalue weighted by atomic mass is 16.2. The van der Waals surface area contributed by atoms with Crippen LogP contribution in [0.25, 0.3) is 0 Å². The van der Waals surface area contributed by atoms with Crippen LogP contribution in [0.15, 0.2) is 6.07 Å². The molecule has 0 aliphatic rings. The van der Waals surface area contributed by atoms with Crippen LogP contribution in [0.4, 0.5) is 0 Å². The number of benzene rings is 1. The summed E-state index contributed by atoms with van der Waals surface area (Å²) >= 11 is 0. The smallest absolute Gasteiger partial charge is 0.0471 e. The van der Waals surface area contributed by atoms with Crippen LogP contribution in [0, 0.1) is 27.7 Å². The lowest BCUT2D eigenvalue weighted by molar-refractivity contribution is 0.299. The molecular weight excluding hydrogens is 160 g/mol. The highest BCUT2D eigenvalue weighted by Crippen LogP contribution is 2.21. The van der Waals surface area contributed by atoms with E-state index in [9.17, 15) is 0 Å². The molecule has 0 unspecified atom stereocenters. The van der Waals surface area contributed by atoms with Crippen LogP contribution in [0.1, 0.15) is 27.8 Å². The Morgan fingerprint density at radius 1 is 1.00 bits per heavy atom. The van der Waals surface area contributed by atoms with E-state index in [1.165, 1.54) is 27.8 Å². The summed E-state index contributed by atoms with van der Waals surface area (Å²) in [5.74, 6) is 0. The van der Waals surface area contributed by atoms with Crippen LogP contribution < -0.4 is 0 Å². The lowest BCUT2D eigenvalue weighted by Gasteiger charge is -2.13. The molecule has 72 valence electrons. The molecule has 0 heterocycles. The molecule has 1 aromatic carbocycles. The maximum absolute atomic E-state index is 8.90. The lowest BCUT2D eigenvalue weighted by Crippen LogP contribution is -2.00. The minimum atomic E-state index is 0.239. The summed E-state index contributed by atoms with van der Waals surface area (Å²) in [5.41, 5.74) is 6.68. The highest BCUT2D eigenvalue weighted by molar-refractivity contribution is 5.43. The maximum atomic E-state index is 8.90. The highest BCUT2D eigenvalue weighted by Gasteiger charge is 2.05. The average Bonchev–Trinajstić information content (AvgIpc) is 2.11. The van der Waals surface area contributed by atoms with Crippen LogP contribution in [0.3, 0.4) is 0 Å². The van der Waals surface area contributed by atoms with Gasteiger partial charge in [-0.05, 0) is 61.9 Å². The van der Waals surface area contributed by atoms with E-state index in [-0.39, 0.29) is 6.61 Å². The molecule has 0 fully saturated rings. The van der Waals surface area contributed by atoms with Crippen molar-refractivity contribution in [2.45, 2.75) is 34.1 Å². The van der Waals surface area contributed by atoms with Crippen molar-refractivity contribution in [1.82, 2.24) is 0 Å². The first-order valence-corrected chi connectivity index (χ1v) is 4.75. The van der Waals surface area contributed by atoms with Crippen molar-refractivity contribution in [2.24, 2.45) is 0 Å². The van der Waals surface area contributed by atoms with Gasteiger partial charge in [-0.3, -0.25) is 0 Å². The Kier molecular flexibility index (Phi) is 3.10. The molecule has 1 N–H and O–H groups in total. The van der Waals surface area contributed by atoms with Crippen LogP contribution in [0.2, 0.25) is 0 Å². The average molecular weight is 178 g/mol. The molecule has 0 atom stereocenters. The van der Waals surface area contributed by atoms with Crippen molar-refractivity contribution in [3.05, 3.63) is 33.9 Å². The Bertz CT molecular complexity index is 313. The molecule has 0 aromatic heterocycles. The molecule has 0 spiro atoms. The Balaban J connectivity index is 3.24. The molecule has 1 aromatic rings. The number of aryl methyl sites for hydroxylation is 1. The summed E-state index contributed by atoms with van der Waals surface area (Å²) in [6.45, 7) is 8.80. The molecule has 13 heavy (non-hydrogen) atoms. The van der Waals surface area contributed by atoms with Crippen LogP contribution in [-0.2, 0) is 6.42 Å². The zero-order valence-corrected chi connectivity index (χ0v) is 8.94. The van der Waals surface area contributed by atoms with Crippen molar-refractivity contribution >= 4 is 0 Å². The van der Waals surface area contributed by atoms with Gasteiger partial charge in [0.1, 0.15) is 0 Å². The normalized spacial score (nSPS) is 10.5. The molecule has 1 nitrogen and oxygen atoms in total. The van der Waals surface area contributed by atoms with Gasteiger partial charge in [-0.25, -0.2) is 0 Å². The van der Waals surface area contributed by atoms with Gasteiger partial charge in [0, 0.05) is 6.61 Å². The van der Waals surface area contributed by atoms with E-state index in [2.05, 4.69) is 33.8 Å². The first kappa shape index (κ1) is 10.3. The molecular formula is C12H18O. The van der Waals surface area contributed by atoms with E-state index >= 15 is 0 Å². The van der Waals surface area contributed by atoms with Gasteiger partial charge in [-0.1, -0.05) is 6.07 Å². The monoisotopic (exact) mass is 178 g/mol. The van der Waals surface area contributed by atoms with Gasteiger partial charge in [0.25, 0.3) is 0 Å². The van der Waals surface area contributed by atoms with Gasteiger partial charge < -0.3 is 5.11 Å². The number of hydrogen-bond acceptors (Lipinski definition) is 1. The quantitative estimate of drug-likeness (QED) is 0.737. The van der Waals surface area contributed by atoms with E-state index in [4.69, 9.17) is 5.11 Å². The molecule has 0 saturated heterocycles. The third kappa shape index (κ3) is 1.92. The van der Waals surface area contributed by atoms with Gasteiger partial charge in [-0.15, -0.1) is 0 Å². The summed E-state index contributed by atoms with van der Waals surface area (Å²) in [6, 6.07) is 2.19. The Morgan fingerprint density at radius 2 is 1.62 bits per heavy atom. The largest absolute Gasteiger partial charge is 0.396 e. The minimum absolute atomic E-state index is 0.239. The molecule has 0 amide bonds. The fourth-order valence-electron chi connectivity index (χ4n) is 1.68. The number of aliphatic hydroxyl groups is 1. The maximum Gasteiger partial charge on any atom is 0.0471 e. The van der Waals surface area contributed by atoms with Crippen LogP contribution >= 0.6 is 0 Å². The van der Waals surface area contributed by atoms with Gasteiger partial charge >= 0.3 is 0 Å². The zero-order chi connectivity index (χ0) is 10.0. The summed E-state index contributed by atoms with van der Waals surface area (Å²) < 4.78 is 0. The molecule has 0 aliphatic carbocycles. The van der Waals surface area contributed by atoms with Crippen LogP contribution in [-0.4, -0.2) is 11.7 Å². The second kappa shape index (κ2) is 3.93. The van der Waals surface area contributed by atoms with E-state index in [1.54, 1.807) is 0 Å². The Morgan fingerprint density at radius 3 is 2.15 bits per heavy atom. The molecule has 0 bridgehead atoms. The number of rotatable bonds is 2. The fraction of sp³-hybridized carbons (Fsp3) is 0.500. The summed E-state index contributed by atoms with van der Waals surface area (Å²) in [5, 5.41) is 8.90. The molecule has 1 heteroatoms. The van der Waals surface area contributed by atoms with Crippen LogP contribution in [0.5, 0.6) is 0 Å². The SMILES string of the molecule is Cc1cc(CCO)c(C)c(C)c1C. The zero-order valence-electron chi connectivity index (χ0n) is 8.94. The summed E-state index contributed by atoms with van der Waals surface area (Å²) in [4.78, 5) is 0. The van der Waals surface area contributed by atoms with Crippen molar-refractivity contribution in [2.75, 3.05) is 6.61 Å². The molecule has 0 aliphatic heterocycles. The molecule has 0 saturated carbocycles. The van der Waals surface area contributed by atoms with Crippen molar-refractivity contribution in [3.8, 4) is 0 Å². The minimum Gasteiger partial charge on any atom is -0.396 e. The lowest BCUT2D eigenvalue weighted by atomic mass is 9.93. The molecule has 1 rings (SSSR count). The predicted octanol–water partition coefficient (Wildman–Crippen LogP) is 2.46. The van der Waals surface area contributed by atoms with Crippen molar-refractivity contribution < 1.29 is 5.11 Å². The summed E-state index contributed by atoms with van der Waals surface area (Å²) in [7, 11) is 0. The van der Waals surface area contributed by atoms with Crippen molar-refractivity contribution in [1.29, 1.82) is 0 Å². The van der Waals surface area contributed by atoms with E-state index in [0.29, 0.717) is 0 Å². The topological polar surface area (TPSA) is 20.2 Å². The van der Waals surface area contributed by atoms with Gasteiger partial charge in [0.05, 0.1) is 0 Å². The predicted molar refractivity (Wildman–Crippen MR) is 56.2 cm³/mol. The van der Waals surface area contributed by atoms with E-state index < -0.39 is 0 Å². The summed E-state index contributed by atoms with van der Waals surface area (Å²) in [6.07, 6.45) is 0.772. The third-order valence-corrected chi connectivity index (χ3v) is 2.97. The first-order chi connectivity index (χ1) is 6.07. The fourth-order valence-corrected chi connectivity index (χ4v) is 1.68.